The van der Waals surface area contributed by atoms with Crippen LogP contribution < -0.4 is 19.1 Å². The summed E-state index contributed by atoms with van der Waals surface area (Å²) in [4.78, 5) is 38.4. The Kier molecular flexibility index (Phi) is 7.79. The summed E-state index contributed by atoms with van der Waals surface area (Å²) in [6, 6.07) is 15.1. The maximum absolute atomic E-state index is 13.9. The van der Waals surface area contributed by atoms with Crippen LogP contribution in [0.25, 0.3) is 21.6 Å². The smallest absolute Gasteiger partial charge is 0.301 e. The van der Waals surface area contributed by atoms with Gasteiger partial charge in [0.1, 0.15) is 23.7 Å². The van der Waals surface area contributed by atoms with Crippen molar-refractivity contribution >= 4 is 49.8 Å². The van der Waals surface area contributed by atoms with Gasteiger partial charge >= 0.3 is 5.91 Å². The second-order valence-corrected chi connectivity index (χ2v) is 11.0. The van der Waals surface area contributed by atoms with Gasteiger partial charge in [0.15, 0.2) is 22.4 Å². The minimum Gasteiger partial charge on any atom is -0.505 e. The molecule has 1 N–H and O–H groups in total. The second-order valence-electron chi connectivity index (χ2n) is 9.94. The number of pyridine rings is 1. The van der Waals surface area contributed by atoms with E-state index in [1.165, 1.54) is 16.2 Å². The normalized spacial score (nSPS) is 16.2. The van der Waals surface area contributed by atoms with Crippen molar-refractivity contribution in [2.75, 3.05) is 24.7 Å². The second kappa shape index (κ2) is 11.8. The summed E-state index contributed by atoms with van der Waals surface area (Å²) in [5, 5.41) is 12.2. The van der Waals surface area contributed by atoms with Gasteiger partial charge in [-0.15, -0.1) is 0 Å². The lowest BCUT2D eigenvalue weighted by Gasteiger charge is -2.24. The van der Waals surface area contributed by atoms with E-state index in [1.54, 1.807) is 53.9 Å². The molecular weight excluding hydrogens is 580 g/mol. The number of carbonyl (C=O) groups excluding carboxylic acids is 2. The van der Waals surface area contributed by atoms with E-state index in [2.05, 4.69) is 11.6 Å². The molecule has 5 aromatic rings. The van der Waals surface area contributed by atoms with E-state index >= 15 is 0 Å². The van der Waals surface area contributed by atoms with Gasteiger partial charge in [-0.3, -0.25) is 18.9 Å². The lowest BCUT2D eigenvalue weighted by Crippen LogP contribution is -2.29. The first-order chi connectivity index (χ1) is 21.4. The quantitative estimate of drug-likeness (QED) is 0.0855. The first-order valence-electron chi connectivity index (χ1n) is 14.1. The van der Waals surface area contributed by atoms with Crippen LogP contribution in [-0.2, 0) is 9.59 Å². The van der Waals surface area contributed by atoms with Crippen molar-refractivity contribution in [1.82, 2.24) is 14.4 Å². The van der Waals surface area contributed by atoms with Crippen LogP contribution in [0.4, 0.5) is 5.13 Å². The number of anilines is 1. The van der Waals surface area contributed by atoms with E-state index in [0.717, 1.165) is 4.70 Å². The molecule has 1 amide bonds. The number of Topliss-reactive ketones (excluding diaryl/α,β-unsaturated/α-hetero) is 1. The molecule has 1 fully saturated rings. The number of hydrogen-bond acceptors (Lipinski definition) is 9. The zero-order chi connectivity index (χ0) is 31.0. The van der Waals surface area contributed by atoms with Crippen LogP contribution in [0.5, 0.6) is 17.2 Å². The van der Waals surface area contributed by atoms with Crippen molar-refractivity contribution in [3.63, 3.8) is 0 Å². The Morgan fingerprint density at radius 2 is 1.84 bits per heavy atom. The van der Waals surface area contributed by atoms with Gasteiger partial charge in [-0.05, 0) is 68.8 Å². The summed E-state index contributed by atoms with van der Waals surface area (Å²) >= 11 is 1.26. The van der Waals surface area contributed by atoms with E-state index < -0.39 is 17.7 Å². The zero-order valence-electron chi connectivity index (χ0n) is 24.4. The van der Waals surface area contributed by atoms with Gasteiger partial charge in [0.25, 0.3) is 5.78 Å². The molecule has 10 nitrogen and oxygen atoms in total. The third-order valence-electron chi connectivity index (χ3n) is 7.18. The third-order valence-corrected chi connectivity index (χ3v) is 8.20. The van der Waals surface area contributed by atoms with Crippen molar-refractivity contribution in [2.45, 2.75) is 26.8 Å². The number of imidazole rings is 1. The SMILES string of the molecule is C=CCOc1ccc(C2/C(=C(\O)c3c(C)nc4ccccn34)C(=O)C(=O)N2c2nc3ccc(OCC)cc3s2)cc1OCC. The number of nitrogens with zero attached hydrogens (tertiary/aromatic N) is 4. The number of amides is 1. The van der Waals surface area contributed by atoms with Gasteiger partial charge in [0, 0.05) is 6.20 Å². The number of thiazole rings is 1. The predicted molar refractivity (Wildman–Crippen MR) is 169 cm³/mol. The number of aromatic nitrogens is 3. The minimum absolute atomic E-state index is 0.0831. The molecule has 1 unspecified atom stereocenters. The van der Waals surface area contributed by atoms with Crippen LogP contribution >= 0.6 is 11.3 Å². The van der Waals surface area contributed by atoms with E-state index in [4.69, 9.17) is 19.2 Å². The first kappa shape index (κ1) is 28.9. The number of hydrogen-bond donors (Lipinski definition) is 1. The molecule has 0 radical (unpaired) electrons. The summed E-state index contributed by atoms with van der Waals surface area (Å²) in [6.07, 6.45) is 3.37. The van der Waals surface area contributed by atoms with Gasteiger partial charge in [-0.2, -0.15) is 0 Å². The molecule has 1 saturated heterocycles. The van der Waals surface area contributed by atoms with Gasteiger partial charge < -0.3 is 19.3 Å². The number of aryl methyl sites for hydroxylation is 1. The molecule has 0 bridgehead atoms. The van der Waals surface area contributed by atoms with Gasteiger partial charge in [-0.25, -0.2) is 9.97 Å². The van der Waals surface area contributed by atoms with Gasteiger partial charge in [0.05, 0.1) is 40.7 Å². The van der Waals surface area contributed by atoms with Crippen molar-refractivity contribution in [3.05, 3.63) is 96.0 Å². The number of ketones is 1. The summed E-state index contributed by atoms with van der Waals surface area (Å²) in [5.74, 6) is -0.401. The number of ether oxygens (including phenoxy) is 3. The molecular formula is C33H30N4O6S. The first-order valence-corrected chi connectivity index (χ1v) is 15.0. The lowest BCUT2D eigenvalue weighted by molar-refractivity contribution is -0.132. The highest BCUT2D eigenvalue weighted by atomic mass is 32.1. The fourth-order valence-corrected chi connectivity index (χ4v) is 6.38. The largest absolute Gasteiger partial charge is 0.505 e. The molecule has 0 saturated carbocycles. The molecule has 1 aliphatic rings. The molecule has 44 heavy (non-hydrogen) atoms. The van der Waals surface area contributed by atoms with E-state index in [-0.39, 0.29) is 17.9 Å². The van der Waals surface area contributed by atoms with Crippen LogP contribution in [0.15, 0.2) is 79.0 Å². The average molecular weight is 611 g/mol. The Labute approximate surface area is 257 Å². The topological polar surface area (TPSA) is 115 Å². The highest BCUT2D eigenvalue weighted by molar-refractivity contribution is 7.22. The van der Waals surface area contributed by atoms with Crippen molar-refractivity contribution in [1.29, 1.82) is 0 Å². The predicted octanol–water partition coefficient (Wildman–Crippen LogP) is 6.24. The van der Waals surface area contributed by atoms with Crippen molar-refractivity contribution in [2.24, 2.45) is 0 Å². The van der Waals surface area contributed by atoms with Crippen molar-refractivity contribution < 1.29 is 28.9 Å². The van der Waals surface area contributed by atoms with E-state index in [9.17, 15) is 14.7 Å². The maximum atomic E-state index is 13.9. The Balaban J connectivity index is 1.58. The number of aliphatic hydroxyl groups excluding tert-OH is 1. The number of carbonyl (C=O) groups is 2. The third kappa shape index (κ3) is 4.94. The van der Waals surface area contributed by atoms with Crippen LogP contribution in [0, 0.1) is 6.92 Å². The molecule has 3 aromatic heterocycles. The monoisotopic (exact) mass is 610 g/mol. The number of fused-ring (bicyclic) bond motifs is 2. The maximum Gasteiger partial charge on any atom is 0.301 e. The van der Waals surface area contributed by atoms with Crippen LogP contribution in [0.1, 0.15) is 36.8 Å². The molecule has 2 aromatic carbocycles. The average Bonchev–Trinajstić information content (AvgIpc) is 3.67. The highest BCUT2D eigenvalue weighted by Gasteiger charge is 2.49. The molecule has 4 heterocycles. The highest BCUT2D eigenvalue weighted by Crippen LogP contribution is 2.46. The summed E-state index contributed by atoms with van der Waals surface area (Å²) < 4.78 is 19.8. The molecule has 11 heteroatoms. The minimum atomic E-state index is -1.02. The van der Waals surface area contributed by atoms with Crippen molar-refractivity contribution in [3.8, 4) is 17.2 Å². The lowest BCUT2D eigenvalue weighted by atomic mass is 9.96. The number of benzene rings is 2. The Morgan fingerprint density at radius 1 is 1.02 bits per heavy atom. The Hall–Kier alpha value is -5.16. The molecule has 1 aliphatic heterocycles. The van der Waals surface area contributed by atoms with Gasteiger partial charge in [-0.1, -0.05) is 36.1 Å². The molecule has 6 rings (SSSR count). The van der Waals surface area contributed by atoms with Crippen LogP contribution in [0.2, 0.25) is 0 Å². The van der Waals surface area contributed by atoms with E-state index in [1.807, 2.05) is 38.1 Å². The van der Waals surface area contributed by atoms with Crippen LogP contribution in [-0.4, -0.2) is 51.0 Å². The summed E-state index contributed by atoms with van der Waals surface area (Å²) in [7, 11) is 0. The molecule has 224 valence electrons. The molecule has 0 spiro atoms. The summed E-state index contributed by atoms with van der Waals surface area (Å²) in [5.41, 5.74) is 2.52. The number of aliphatic hydroxyl groups is 1. The summed E-state index contributed by atoms with van der Waals surface area (Å²) in [6.45, 7) is 10.3. The number of rotatable bonds is 10. The fourth-order valence-electron chi connectivity index (χ4n) is 5.35. The van der Waals surface area contributed by atoms with Crippen LogP contribution in [0.3, 0.4) is 0 Å². The standard InChI is InChI=1S/C33H30N4O6S/c1-5-16-43-23-14-11-20(17-24(23)42-7-3)29-27(30(38)28-19(4)34-26-10-8-9-15-36(26)28)31(39)32(40)37(29)33-35-22-13-12-21(41-6-2)18-25(22)44-33/h5,8-15,17-18,29,38H,1,6-7,16H2,2-4H3/b30-27+. The fraction of sp³-hybridized carbons (Fsp3) is 0.212. The molecule has 1 atom stereocenters. The molecule has 0 aliphatic carbocycles. The zero-order valence-corrected chi connectivity index (χ0v) is 25.3. The van der Waals surface area contributed by atoms with Gasteiger partial charge in [0.2, 0.25) is 0 Å². The Bertz CT molecular complexity index is 1960. The van der Waals surface area contributed by atoms with E-state index in [0.29, 0.717) is 63.7 Å². The Morgan fingerprint density at radius 3 is 2.61 bits per heavy atom.